The molecule has 28 heavy (non-hydrogen) atoms. The molecule has 0 aromatic rings. The number of rotatable bonds is 2. The maximum atomic E-state index is 13.5. The number of carbonyl (C=O) groups is 2. The van der Waals surface area contributed by atoms with Crippen molar-refractivity contribution in [1.82, 2.24) is 0 Å². The highest BCUT2D eigenvalue weighted by Crippen LogP contribution is 2.71. The lowest BCUT2D eigenvalue weighted by Gasteiger charge is -2.66. The van der Waals surface area contributed by atoms with Crippen molar-refractivity contribution >= 4 is 11.8 Å². The van der Waals surface area contributed by atoms with Crippen LogP contribution in [0, 0.1) is 39.9 Å². The Labute approximate surface area is 166 Å². The van der Waals surface area contributed by atoms with E-state index in [1.165, 1.54) is 6.92 Å². The fourth-order valence-electron chi connectivity index (χ4n) is 8.12. The first-order valence-electron chi connectivity index (χ1n) is 10.7. The molecule has 158 valence electrons. The van der Waals surface area contributed by atoms with Crippen LogP contribution in [0.5, 0.6) is 0 Å². The van der Waals surface area contributed by atoms with Gasteiger partial charge in [0.2, 0.25) is 0 Å². The molecule has 1 spiro atoms. The Morgan fingerprint density at radius 2 is 1.89 bits per heavy atom. The number of ether oxygens (including phenoxy) is 1. The molecular weight excluding hydrogens is 360 g/mol. The predicted octanol–water partition coefficient (Wildman–Crippen LogP) is 1.69. The number of fused-ring (bicyclic) bond motifs is 3. The van der Waals surface area contributed by atoms with Crippen LogP contribution in [0.3, 0.4) is 0 Å². The van der Waals surface area contributed by atoms with E-state index in [0.29, 0.717) is 19.3 Å². The Balaban J connectivity index is 1.94. The van der Waals surface area contributed by atoms with Gasteiger partial charge in [-0.3, -0.25) is 9.59 Å². The van der Waals surface area contributed by atoms with Gasteiger partial charge in [-0.2, -0.15) is 0 Å². The molecule has 0 aliphatic heterocycles. The number of aliphatic hydroxyl groups is 3. The van der Waals surface area contributed by atoms with Crippen molar-refractivity contribution in [2.24, 2.45) is 39.9 Å². The van der Waals surface area contributed by atoms with Crippen LogP contribution >= 0.6 is 0 Å². The largest absolute Gasteiger partial charge is 0.462 e. The van der Waals surface area contributed by atoms with E-state index in [2.05, 4.69) is 13.8 Å². The average molecular weight is 395 g/mol. The third-order valence-electron chi connectivity index (χ3n) is 9.11. The van der Waals surface area contributed by atoms with Gasteiger partial charge in [0.1, 0.15) is 11.9 Å². The highest BCUT2D eigenvalue weighted by atomic mass is 16.5. The summed E-state index contributed by atoms with van der Waals surface area (Å²) in [5, 5.41) is 33.4. The van der Waals surface area contributed by atoms with Crippen LogP contribution < -0.4 is 0 Å². The fraction of sp³-hybridized carbons (Fsp3) is 0.909. The second kappa shape index (κ2) is 6.26. The average Bonchev–Trinajstić information content (AvgIpc) is 2.73. The van der Waals surface area contributed by atoms with Crippen LogP contribution in [0.2, 0.25) is 0 Å². The fourth-order valence-corrected chi connectivity index (χ4v) is 8.12. The number of ketones is 1. The van der Waals surface area contributed by atoms with E-state index < -0.39 is 46.9 Å². The third-order valence-corrected chi connectivity index (χ3v) is 9.11. The second-order valence-electron chi connectivity index (χ2n) is 10.6. The summed E-state index contributed by atoms with van der Waals surface area (Å²) in [4.78, 5) is 25.5. The first-order chi connectivity index (χ1) is 13.0. The van der Waals surface area contributed by atoms with Gasteiger partial charge in [-0.25, -0.2) is 0 Å². The molecule has 2 bridgehead atoms. The highest BCUT2D eigenvalue weighted by Gasteiger charge is 2.77. The highest BCUT2D eigenvalue weighted by molar-refractivity contribution is 5.92. The van der Waals surface area contributed by atoms with E-state index >= 15 is 0 Å². The molecule has 0 aromatic carbocycles. The van der Waals surface area contributed by atoms with Gasteiger partial charge in [0.25, 0.3) is 0 Å². The number of hydrogen-bond donors (Lipinski definition) is 3. The summed E-state index contributed by atoms with van der Waals surface area (Å²) in [6.45, 7) is 7.37. The minimum absolute atomic E-state index is 0.00473. The number of carbonyl (C=O) groups excluding carboxylic acids is 2. The molecule has 6 nitrogen and oxygen atoms in total. The van der Waals surface area contributed by atoms with Crippen molar-refractivity contribution in [3.63, 3.8) is 0 Å². The van der Waals surface area contributed by atoms with Crippen molar-refractivity contribution in [3.8, 4) is 0 Å². The molecule has 0 radical (unpaired) electrons. The molecule has 9 atom stereocenters. The van der Waals surface area contributed by atoms with E-state index in [9.17, 15) is 24.9 Å². The van der Waals surface area contributed by atoms with Gasteiger partial charge in [0, 0.05) is 30.8 Å². The lowest BCUT2D eigenvalue weighted by Crippen LogP contribution is -2.72. The first kappa shape index (κ1) is 20.3. The van der Waals surface area contributed by atoms with Crippen molar-refractivity contribution in [2.75, 3.05) is 6.61 Å². The molecule has 4 aliphatic carbocycles. The summed E-state index contributed by atoms with van der Waals surface area (Å²) in [6, 6.07) is 0. The summed E-state index contributed by atoms with van der Waals surface area (Å²) in [6.07, 6.45) is 0.874. The van der Waals surface area contributed by atoms with Gasteiger partial charge in [0.15, 0.2) is 0 Å². The number of Topliss-reactive ketones (excluding diaryl/α,β-unsaturated/α-hetero) is 1. The summed E-state index contributed by atoms with van der Waals surface area (Å²) in [5.41, 5.74) is -2.11. The van der Waals surface area contributed by atoms with Crippen LogP contribution in [0.25, 0.3) is 0 Å². The van der Waals surface area contributed by atoms with E-state index in [1.807, 2.05) is 6.92 Å². The molecule has 4 saturated carbocycles. The van der Waals surface area contributed by atoms with Crippen LogP contribution in [-0.4, -0.2) is 52.0 Å². The molecule has 4 fully saturated rings. The minimum atomic E-state index is -1.35. The van der Waals surface area contributed by atoms with E-state index in [-0.39, 0.29) is 29.6 Å². The van der Waals surface area contributed by atoms with Crippen LogP contribution in [0.4, 0.5) is 0 Å². The van der Waals surface area contributed by atoms with Gasteiger partial charge in [-0.1, -0.05) is 27.2 Å². The number of esters is 1. The molecule has 6 heteroatoms. The Hall–Kier alpha value is -0.980. The topological polar surface area (TPSA) is 104 Å². The molecule has 4 aliphatic rings. The Morgan fingerprint density at radius 1 is 1.21 bits per heavy atom. The zero-order chi connectivity index (χ0) is 20.6. The van der Waals surface area contributed by atoms with Crippen LogP contribution in [0.1, 0.15) is 59.8 Å². The minimum Gasteiger partial charge on any atom is -0.462 e. The molecule has 0 heterocycles. The predicted molar refractivity (Wildman–Crippen MR) is 101 cm³/mol. The first-order valence-corrected chi connectivity index (χ1v) is 10.7. The van der Waals surface area contributed by atoms with Gasteiger partial charge < -0.3 is 20.1 Å². The van der Waals surface area contributed by atoms with E-state index in [0.717, 1.165) is 12.8 Å². The third kappa shape index (κ3) is 2.25. The van der Waals surface area contributed by atoms with Crippen molar-refractivity contribution < 1.29 is 29.6 Å². The Kier molecular flexibility index (Phi) is 4.54. The summed E-state index contributed by atoms with van der Waals surface area (Å²) in [5.74, 6) is -1.83. The van der Waals surface area contributed by atoms with Crippen LogP contribution in [0.15, 0.2) is 0 Å². The Morgan fingerprint density at radius 3 is 2.50 bits per heavy atom. The summed E-state index contributed by atoms with van der Waals surface area (Å²) >= 11 is 0. The van der Waals surface area contributed by atoms with E-state index in [1.54, 1.807) is 0 Å². The number of aliphatic hydroxyl groups excluding tert-OH is 3. The Bertz CT molecular complexity index is 689. The van der Waals surface area contributed by atoms with Crippen molar-refractivity contribution in [3.05, 3.63) is 0 Å². The van der Waals surface area contributed by atoms with Gasteiger partial charge in [-0.15, -0.1) is 0 Å². The molecule has 0 amide bonds. The smallest absolute Gasteiger partial charge is 0.302 e. The standard InChI is InChI=1S/C22H34O6/c1-11-13-8-14(28-12(2)24)17-21(10-23)7-5-6-20(3,4)15(21)9-16(25)22(17,18(11)26)19(13)27/h11,13-17,19,23,25,27H,5-10H2,1-4H3/t11-,13+,14+,15-,16-,17+,19-,21+,22-/m1/s1. The molecule has 0 unspecified atom stereocenters. The quantitative estimate of drug-likeness (QED) is 0.616. The molecule has 0 aromatic heterocycles. The van der Waals surface area contributed by atoms with Gasteiger partial charge >= 0.3 is 5.97 Å². The maximum absolute atomic E-state index is 13.5. The maximum Gasteiger partial charge on any atom is 0.302 e. The monoisotopic (exact) mass is 394 g/mol. The number of hydrogen-bond acceptors (Lipinski definition) is 6. The zero-order valence-corrected chi connectivity index (χ0v) is 17.4. The van der Waals surface area contributed by atoms with Crippen LogP contribution in [-0.2, 0) is 14.3 Å². The normalized spacial score (nSPS) is 52.0. The van der Waals surface area contributed by atoms with Gasteiger partial charge in [0.05, 0.1) is 17.6 Å². The zero-order valence-electron chi connectivity index (χ0n) is 17.4. The van der Waals surface area contributed by atoms with E-state index in [4.69, 9.17) is 4.74 Å². The SMILES string of the molecule is CC(=O)O[C@H]1C[C@@H]2[C@@H](O)[C@]3(C(=O)[C@@H]2C)[C@H](O)C[C@@H]2C(C)(C)CCC[C@@]2(CO)[C@H]13. The van der Waals surface area contributed by atoms with Gasteiger partial charge in [-0.05, 0) is 42.9 Å². The van der Waals surface area contributed by atoms with Crippen molar-refractivity contribution in [1.29, 1.82) is 0 Å². The molecule has 3 N–H and O–H groups in total. The summed E-state index contributed by atoms with van der Waals surface area (Å²) < 4.78 is 5.75. The van der Waals surface area contributed by atoms with Crippen molar-refractivity contribution in [2.45, 2.75) is 78.1 Å². The molecule has 4 rings (SSSR count). The second-order valence-corrected chi connectivity index (χ2v) is 10.6. The molecule has 0 saturated heterocycles. The summed E-state index contributed by atoms with van der Waals surface area (Å²) in [7, 11) is 0. The lowest BCUT2D eigenvalue weighted by atomic mass is 9.39. The lowest BCUT2D eigenvalue weighted by molar-refractivity contribution is -0.266. The molecular formula is C22H34O6.